The van der Waals surface area contributed by atoms with Crippen LogP contribution in [0.4, 0.5) is 0 Å². The lowest BCUT2D eigenvalue weighted by molar-refractivity contribution is -0.147. The van der Waals surface area contributed by atoms with Gasteiger partial charge in [0.15, 0.2) is 18.1 Å². The van der Waals surface area contributed by atoms with Crippen LogP contribution in [-0.4, -0.2) is 48.7 Å². The molecule has 22 heavy (non-hydrogen) atoms. The summed E-state index contributed by atoms with van der Waals surface area (Å²) >= 11 is 0. The monoisotopic (exact) mass is 307 g/mol. The van der Waals surface area contributed by atoms with E-state index in [-0.39, 0.29) is 18.3 Å². The maximum Gasteiger partial charge on any atom is 0.331 e. The lowest BCUT2D eigenvalue weighted by atomic mass is 10.2. The summed E-state index contributed by atoms with van der Waals surface area (Å²) in [7, 11) is 1.44. The van der Waals surface area contributed by atoms with Crippen LogP contribution in [0.3, 0.4) is 0 Å². The molecular formula is C16H21NO5. The number of benzene rings is 1. The van der Waals surface area contributed by atoms with Crippen LogP contribution in [0.2, 0.25) is 0 Å². The lowest BCUT2D eigenvalue weighted by Gasteiger charge is -2.17. The number of hydrogen-bond donors (Lipinski definition) is 1. The second kappa shape index (κ2) is 8.71. The van der Waals surface area contributed by atoms with E-state index in [0.29, 0.717) is 24.4 Å². The van der Waals surface area contributed by atoms with E-state index >= 15 is 0 Å². The number of amides is 1. The molecule has 6 heteroatoms. The van der Waals surface area contributed by atoms with E-state index in [9.17, 15) is 14.7 Å². The topological polar surface area (TPSA) is 76.1 Å². The minimum Gasteiger partial charge on any atom is -0.504 e. The Hall–Kier alpha value is -2.50. The molecule has 6 nitrogen and oxygen atoms in total. The Balaban J connectivity index is 2.56. The number of aromatic hydroxyl groups is 1. The van der Waals surface area contributed by atoms with Crippen molar-refractivity contribution < 1.29 is 24.2 Å². The van der Waals surface area contributed by atoms with Crippen molar-refractivity contribution in [2.24, 2.45) is 0 Å². The molecule has 0 aliphatic carbocycles. The SMILES string of the molecule is CCN(CC)C(=O)COC(=O)/C=C/c1ccc(O)c(OC)c1. The van der Waals surface area contributed by atoms with Crippen molar-refractivity contribution in [3.63, 3.8) is 0 Å². The highest BCUT2D eigenvalue weighted by Crippen LogP contribution is 2.26. The average Bonchev–Trinajstić information content (AvgIpc) is 2.53. The molecule has 0 aliphatic heterocycles. The predicted molar refractivity (Wildman–Crippen MR) is 82.6 cm³/mol. The van der Waals surface area contributed by atoms with Gasteiger partial charge in [0.25, 0.3) is 5.91 Å². The van der Waals surface area contributed by atoms with Crippen LogP contribution in [0.25, 0.3) is 6.08 Å². The quantitative estimate of drug-likeness (QED) is 0.614. The zero-order chi connectivity index (χ0) is 16.5. The number of ether oxygens (including phenoxy) is 2. The third-order valence-electron chi connectivity index (χ3n) is 3.07. The second-order valence-electron chi connectivity index (χ2n) is 4.44. The minimum atomic E-state index is -0.604. The molecule has 1 N–H and O–H groups in total. The lowest BCUT2D eigenvalue weighted by Crippen LogP contribution is -2.34. The van der Waals surface area contributed by atoms with Gasteiger partial charge in [-0.25, -0.2) is 4.79 Å². The van der Waals surface area contributed by atoms with Crippen LogP contribution < -0.4 is 4.74 Å². The predicted octanol–water partition coefficient (Wildman–Crippen LogP) is 1.83. The molecule has 0 atom stereocenters. The summed E-state index contributed by atoms with van der Waals surface area (Å²) in [5, 5.41) is 9.47. The molecule has 0 aromatic heterocycles. The molecule has 120 valence electrons. The first-order valence-corrected chi connectivity index (χ1v) is 7.01. The Morgan fingerprint density at radius 2 is 1.95 bits per heavy atom. The fourth-order valence-electron chi connectivity index (χ4n) is 1.81. The standard InChI is InChI=1S/C16H21NO5/c1-4-17(5-2)15(19)11-22-16(20)9-7-12-6-8-13(18)14(10-12)21-3/h6-10,18H,4-5,11H2,1-3H3/b9-7+. The number of hydrogen-bond acceptors (Lipinski definition) is 5. The van der Waals surface area contributed by atoms with Crippen molar-refractivity contribution >= 4 is 18.0 Å². The molecule has 0 heterocycles. The summed E-state index contributed by atoms with van der Waals surface area (Å²) in [4.78, 5) is 24.9. The van der Waals surface area contributed by atoms with Gasteiger partial charge in [-0.3, -0.25) is 4.79 Å². The number of nitrogens with zero attached hydrogens (tertiary/aromatic N) is 1. The Kier molecular flexibility index (Phi) is 6.95. The summed E-state index contributed by atoms with van der Waals surface area (Å²) in [6.45, 7) is 4.61. The first-order valence-electron chi connectivity index (χ1n) is 7.01. The Morgan fingerprint density at radius 3 is 2.55 bits per heavy atom. The van der Waals surface area contributed by atoms with Gasteiger partial charge in [0.1, 0.15) is 0 Å². The van der Waals surface area contributed by atoms with Crippen molar-refractivity contribution in [2.45, 2.75) is 13.8 Å². The Morgan fingerprint density at radius 1 is 1.27 bits per heavy atom. The van der Waals surface area contributed by atoms with E-state index in [4.69, 9.17) is 9.47 Å². The molecule has 0 unspecified atom stereocenters. The first-order chi connectivity index (χ1) is 10.5. The Labute approximate surface area is 129 Å². The minimum absolute atomic E-state index is 0.0204. The molecule has 1 amide bonds. The molecular weight excluding hydrogens is 286 g/mol. The fraction of sp³-hybridized carbons (Fsp3) is 0.375. The van der Waals surface area contributed by atoms with Crippen LogP contribution in [-0.2, 0) is 14.3 Å². The van der Waals surface area contributed by atoms with Crippen molar-refractivity contribution in [1.82, 2.24) is 4.90 Å². The summed E-state index contributed by atoms with van der Waals surface area (Å²) in [5.41, 5.74) is 0.668. The van der Waals surface area contributed by atoms with Crippen molar-refractivity contribution in [2.75, 3.05) is 26.8 Å². The highest BCUT2D eigenvalue weighted by Gasteiger charge is 2.11. The summed E-state index contributed by atoms with van der Waals surface area (Å²) in [5.74, 6) is -0.495. The van der Waals surface area contributed by atoms with Gasteiger partial charge >= 0.3 is 5.97 Å². The van der Waals surface area contributed by atoms with Crippen LogP contribution in [0.5, 0.6) is 11.5 Å². The van der Waals surface area contributed by atoms with E-state index in [1.54, 1.807) is 17.0 Å². The van der Waals surface area contributed by atoms with E-state index in [0.717, 1.165) is 0 Å². The van der Waals surface area contributed by atoms with E-state index in [1.165, 1.54) is 25.3 Å². The van der Waals surface area contributed by atoms with Gasteiger partial charge < -0.3 is 19.5 Å². The summed E-state index contributed by atoms with van der Waals surface area (Å²) < 4.78 is 9.87. The van der Waals surface area contributed by atoms with Crippen molar-refractivity contribution in [3.8, 4) is 11.5 Å². The third-order valence-corrected chi connectivity index (χ3v) is 3.07. The molecule has 1 aromatic carbocycles. The first kappa shape index (κ1) is 17.6. The van der Waals surface area contributed by atoms with E-state index in [1.807, 2.05) is 13.8 Å². The zero-order valence-corrected chi connectivity index (χ0v) is 13.0. The van der Waals surface area contributed by atoms with Gasteiger partial charge in [0.2, 0.25) is 0 Å². The smallest absolute Gasteiger partial charge is 0.331 e. The normalized spacial score (nSPS) is 10.5. The molecule has 0 bridgehead atoms. The van der Waals surface area contributed by atoms with E-state index in [2.05, 4.69) is 0 Å². The van der Waals surface area contributed by atoms with Crippen molar-refractivity contribution in [3.05, 3.63) is 29.8 Å². The highest BCUT2D eigenvalue weighted by molar-refractivity contribution is 5.89. The Bertz CT molecular complexity index is 549. The number of carbonyl (C=O) groups is 2. The number of carbonyl (C=O) groups excluding carboxylic acids is 2. The summed E-state index contributed by atoms with van der Waals surface area (Å²) in [6.07, 6.45) is 2.74. The molecule has 0 saturated carbocycles. The van der Waals surface area contributed by atoms with E-state index < -0.39 is 5.97 Å². The number of esters is 1. The number of rotatable bonds is 7. The maximum atomic E-state index is 11.7. The fourth-order valence-corrected chi connectivity index (χ4v) is 1.81. The molecule has 1 rings (SSSR count). The highest BCUT2D eigenvalue weighted by atomic mass is 16.5. The van der Waals surface area contributed by atoms with Gasteiger partial charge in [0, 0.05) is 19.2 Å². The molecule has 0 saturated heterocycles. The molecule has 0 radical (unpaired) electrons. The largest absolute Gasteiger partial charge is 0.504 e. The number of phenols is 1. The molecule has 0 spiro atoms. The van der Waals surface area contributed by atoms with Crippen molar-refractivity contribution in [1.29, 1.82) is 0 Å². The number of methoxy groups -OCH3 is 1. The van der Waals surface area contributed by atoms with Gasteiger partial charge in [-0.15, -0.1) is 0 Å². The maximum absolute atomic E-state index is 11.7. The van der Waals surface area contributed by atoms with Crippen LogP contribution in [0.15, 0.2) is 24.3 Å². The van der Waals surface area contributed by atoms with Gasteiger partial charge in [-0.2, -0.15) is 0 Å². The molecule has 0 fully saturated rings. The second-order valence-corrected chi connectivity index (χ2v) is 4.44. The molecule has 1 aromatic rings. The van der Waals surface area contributed by atoms with Crippen LogP contribution in [0, 0.1) is 0 Å². The van der Waals surface area contributed by atoms with Crippen LogP contribution >= 0.6 is 0 Å². The number of phenolic OH excluding ortho intramolecular Hbond substituents is 1. The average molecular weight is 307 g/mol. The summed E-state index contributed by atoms with van der Waals surface area (Å²) in [6, 6.07) is 4.68. The zero-order valence-electron chi connectivity index (χ0n) is 13.0. The van der Waals surface area contributed by atoms with Gasteiger partial charge in [-0.1, -0.05) is 6.07 Å². The van der Waals surface area contributed by atoms with Gasteiger partial charge in [-0.05, 0) is 37.6 Å². The number of likely N-dealkylation sites (N-methyl/N-ethyl adjacent to an activating group) is 1. The van der Waals surface area contributed by atoms with Crippen LogP contribution in [0.1, 0.15) is 19.4 Å². The van der Waals surface area contributed by atoms with Gasteiger partial charge in [0.05, 0.1) is 7.11 Å². The third kappa shape index (κ3) is 5.12. The molecule has 0 aliphatic rings.